The highest BCUT2D eigenvalue weighted by Gasteiger charge is 2.34. The topological polar surface area (TPSA) is 34.1 Å². The van der Waals surface area contributed by atoms with Gasteiger partial charge in [0.25, 0.3) is 0 Å². The summed E-state index contributed by atoms with van der Waals surface area (Å²) in [4.78, 5) is 24.9. The molecule has 0 aromatic heterocycles. The zero-order chi connectivity index (χ0) is 21.3. The molecule has 2 aliphatic carbocycles. The summed E-state index contributed by atoms with van der Waals surface area (Å²) in [6.45, 7) is 4.36. The highest BCUT2D eigenvalue weighted by Crippen LogP contribution is 2.43. The summed E-state index contributed by atoms with van der Waals surface area (Å²) in [5, 5.41) is 0. The lowest BCUT2D eigenvalue weighted by molar-refractivity contribution is -0.127. The van der Waals surface area contributed by atoms with Crippen molar-refractivity contribution in [3.05, 3.63) is 35.4 Å². The van der Waals surface area contributed by atoms with Crippen molar-refractivity contribution >= 4 is 11.6 Å². The molecule has 1 aromatic carbocycles. The Balaban J connectivity index is 1.45. The molecular formula is C28H42O2. The summed E-state index contributed by atoms with van der Waals surface area (Å²) in [5.41, 5.74) is 2.27. The molecule has 2 heteroatoms. The summed E-state index contributed by atoms with van der Waals surface area (Å²) >= 11 is 0. The number of hydrogen-bond acceptors (Lipinski definition) is 2. The molecule has 166 valence electrons. The number of unbranched alkanes of at least 4 members (excludes halogenated alkanes) is 3. The Morgan fingerprint density at radius 3 is 2.13 bits per heavy atom. The smallest absolute Gasteiger partial charge is 0.162 e. The fourth-order valence-corrected chi connectivity index (χ4v) is 5.80. The van der Waals surface area contributed by atoms with Gasteiger partial charge in [-0.1, -0.05) is 63.8 Å². The second kappa shape index (κ2) is 11.8. The van der Waals surface area contributed by atoms with E-state index in [2.05, 4.69) is 26.0 Å². The van der Waals surface area contributed by atoms with Gasteiger partial charge in [0.05, 0.1) is 0 Å². The second-order valence-corrected chi connectivity index (χ2v) is 9.96. The van der Waals surface area contributed by atoms with Crippen LogP contribution < -0.4 is 0 Å². The van der Waals surface area contributed by atoms with Crippen LogP contribution in [0.25, 0.3) is 0 Å². The first-order chi connectivity index (χ1) is 14.6. The van der Waals surface area contributed by atoms with Crippen LogP contribution in [-0.2, 0) is 4.79 Å². The molecule has 0 heterocycles. The number of benzene rings is 1. The minimum Gasteiger partial charge on any atom is -0.299 e. The molecule has 2 aliphatic rings. The van der Waals surface area contributed by atoms with E-state index >= 15 is 0 Å². The van der Waals surface area contributed by atoms with Gasteiger partial charge < -0.3 is 0 Å². The van der Waals surface area contributed by atoms with Gasteiger partial charge >= 0.3 is 0 Å². The van der Waals surface area contributed by atoms with Crippen molar-refractivity contribution in [2.45, 2.75) is 110 Å². The van der Waals surface area contributed by atoms with Crippen LogP contribution in [0.15, 0.2) is 24.3 Å². The third kappa shape index (κ3) is 6.28. The first kappa shape index (κ1) is 23.2. The molecule has 0 saturated heterocycles. The maximum Gasteiger partial charge on any atom is 0.162 e. The van der Waals surface area contributed by atoms with Crippen molar-refractivity contribution in [3.63, 3.8) is 0 Å². The highest BCUT2D eigenvalue weighted by molar-refractivity contribution is 5.96. The molecule has 30 heavy (non-hydrogen) atoms. The third-order valence-electron chi connectivity index (χ3n) is 7.86. The molecule has 1 aromatic rings. The van der Waals surface area contributed by atoms with Gasteiger partial charge in [-0.25, -0.2) is 0 Å². The van der Waals surface area contributed by atoms with Gasteiger partial charge in [-0.2, -0.15) is 0 Å². The van der Waals surface area contributed by atoms with E-state index in [0.717, 1.165) is 43.6 Å². The van der Waals surface area contributed by atoms with Gasteiger partial charge in [-0.15, -0.1) is 0 Å². The van der Waals surface area contributed by atoms with Gasteiger partial charge in [0.2, 0.25) is 0 Å². The Bertz CT molecular complexity index is 666. The molecule has 2 nitrogen and oxygen atoms in total. The summed E-state index contributed by atoms with van der Waals surface area (Å²) in [6, 6.07) is 8.46. The van der Waals surface area contributed by atoms with Crippen LogP contribution in [0.1, 0.15) is 126 Å². The summed E-state index contributed by atoms with van der Waals surface area (Å²) in [5.74, 6) is 3.22. The third-order valence-corrected chi connectivity index (χ3v) is 7.86. The molecule has 0 spiro atoms. The largest absolute Gasteiger partial charge is 0.299 e. The second-order valence-electron chi connectivity index (χ2n) is 9.96. The molecule has 0 N–H and O–H groups in total. The SMILES string of the molecule is CCCCC[C@H]1CC[C@H](C2CCC(c3ccc(C(=O)CCCC)cc3)CC2)CC1=O. The van der Waals surface area contributed by atoms with Crippen molar-refractivity contribution < 1.29 is 9.59 Å². The Morgan fingerprint density at radius 1 is 0.833 bits per heavy atom. The van der Waals surface area contributed by atoms with Gasteiger partial charge in [0.15, 0.2) is 5.78 Å². The van der Waals surface area contributed by atoms with Crippen molar-refractivity contribution in [3.8, 4) is 0 Å². The van der Waals surface area contributed by atoms with Crippen LogP contribution >= 0.6 is 0 Å². The lowest BCUT2D eigenvalue weighted by Crippen LogP contribution is -2.31. The number of carbonyl (C=O) groups is 2. The van der Waals surface area contributed by atoms with Crippen LogP contribution in [-0.4, -0.2) is 11.6 Å². The fraction of sp³-hybridized carbons (Fsp3) is 0.714. The number of rotatable bonds is 10. The molecule has 3 rings (SSSR count). The Kier molecular flexibility index (Phi) is 9.15. The first-order valence-electron chi connectivity index (χ1n) is 12.8. The number of Topliss-reactive ketones (excluding diaryl/α,β-unsaturated/α-hetero) is 2. The van der Waals surface area contributed by atoms with E-state index in [0.29, 0.717) is 30.0 Å². The highest BCUT2D eigenvalue weighted by atomic mass is 16.1. The molecule has 0 radical (unpaired) electrons. The standard InChI is InChI=1S/C28H42O2/c1-3-5-7-8-24-18-19-26(20-28(24)30)23-12-10-21(11-13-23)22-14-16-25(17-15-22)27(29)9-6-4-2/h14-17,21,23-24,26H,3-13,18-20H2,1-2H3/t21?,23?,24-,26-/m0/s1. The Labute approximate surface area is 184 Å². The average Bonchev–Trinajstić information content (AvgIpc) is 2.79. The quantitative estimate of drug-likeness (QED) is 0.290. The molecule has 2 fully saturated rings. The minimum atomic E-state index is 0.280. The fourth-order valence-electron chi connectivity index (χ4n) is 5.80. The van der Waals surface area contributed by atoms with Gasteiger partial charge in [0.1, 0.15) is 5.78 Å². The maximum absolute atomic E-state index is 12.7. The van der Waals surface area contributed by atoms with Crippen LogP contribution in [0.3, 0.4) is 0 Å². The zero-order valence-corrected chi connectivity index (χ0v) is 19.3. The van der Waals surface area contributed by atoms with Crippen LogP contribution in [0, 0.1) is 17.8 Å². The molecule has 2 atom stereocenters. The predicted octanol–water partition coefficient (Wildman–Crippen LogP) is 7.90. The van der Waals surface area contributed by atoms with E-state index < -0.39 is 0 Å². The van der Waals surface area contributed by atoms with Crippen LogP contribution in [0.5, 0.6) is 0 Å². The van der Waals surface area contributed by atoms with Crippen molar-refractivity contribution in [1.29, 1.82) is 0 Å². The normalized spacial score (nSPS) is 27.2. The molecule has 0 amide bonds. The lowest BCUT2D eigenvalue weighted by Gasteiger charge is -2.37. The van der Waals surface area contributed by atoms with Crippen molar-refractivity contribution in [2.24, 2.45) is 17.8 Å². The molecule has 0 unspecified atom stereocenters. The number of ketones is 2. The van der Waals surface area contributed by atoms with E-state index in [4.69, 9.17) is 0 Å². The lowest BCUT2D eigenvalue weighted by atomic mass is 9.67. The monoisotopic (exact) mass is 410 g/mol. The molecule has 2 saturated carbocycles. The van der Waals surface area contributed by atoms with Crippen molar-refractivity contribution in [2.75, 3.05) is 0 Å². The van der Waals surface area contributed by atoms with Crippen LogP contribution in [0.2, 0.25) is 0 Å². The Morgan fingerprint density at radius 2 is 1.50 bits per heavy atom. The van der Waals surface area contributed by atoms with E-state index in [1.807, 2.05) is 12.1 Å². The number of carbonyl (C=O) groups excluding carboxylic acids is 2. The van der Waals surface area contributed by atoms with Gasteiger partial charge in [-0.3, -0.25) is 9.59 Å². The number of hydrogen-bond donors (Lipinski definition) is 0. The Hall–Kier alpha value is -1.44. The van der Waals surface area contributed by atoms with Gasteiger partial charge in [0, 0.05) is 24.3 Å². The van der Waals surface area contributed by atoms with E-state index in [1.54, 1.807) is 0 Å². The zero-order valence-electron chi connectivity index (χ0n) is 19.3. The van der Waals surface area contributed by atoms with E-state index in [9.17, 15) is 9.59 Å². The summed E-state index contributed by atoms with van der Waals surface area (Å²) in [6.07, 6.45) is 15.8. The van der Waals surface area contributed by atoms with Crippen molar-refractivity contribution in [1.82, 2.24) is 0 Å². The summed E-state index contributed by atoms with van der Waals surface area (Å²) < 4.78 is 0. The maximum atomic E-state index is 12.7. The summed E-state index contributed by atoms with van der Waals surface area (Å²) in [7, 11) is 0. The average molecular weight is 411 g/mol. The van der Waals surface area contributed by atoms with Crippen LogP contribution in [0.4, 0.5) is 0 Å². The first-order valence-corrected chi connectivity index (χ1v) is 12.8. The van der Waals surface area contributed by atoms with Gasteiger partial charge in [-0.05, 0) is 74.7 Å². The van der Waals surface area contributed by atoms with E-state index in [-0.39, 0.29) is 5.78 Å². The van der Waals surface area contributed by atoms with E-state index in [1.165, 1.54) is 56.9 Å². The molecule has 0 bridgehead atoms. The predicted molar refractivity (Wildman–Crippen MR) is 125 cm³/mol. The molecule has 0 aliphatic heterocycles. The minimum absolute atomic E-state index is 0.280. The molecular weight excluding hydrogens is 368 g/mol.